The number of rotatable bonds is 3. The van der Waals surface area contributed by atoms with E-state index in [1.165, 1.54) is 0 Å². The second-order valence-corrected chi connectivity index (χ2v) is 5.13. The molecule has 0 N–H and O–H groups in total. The number of likely N-dealkylation sites (tertiary alicyclic amines) is 1. The topological polar surface area (TPSA) is 29.5 Å². The van der Waals surface area contributed by atoms with Crippen LogP contribution in [0.2, 0.25) is 0 Å². The van der Waals surface area contributed by atoms with Gasteiger partial charge in [0.2, 0.25) is 5.91 Å². The summed E-state index contributed by atoms with van der Waals surface area (Å²) in [5, 5.41) is 0. The predicted octanol–water partition coefficient (Wildman–Crippen LogP) is 2.03. The summed E-state index contributed by atoms with van der Waals surface area (Å²) >= 11 is 5.82. The van der Waals surface area contributed by atoms with Crippen LogP contribution >= 0.6 is 11.6 Å². The van der Waals surface area contributed by atoms with Gasteiger partial charge in [-0.15, -0.1) is 11.6 Å². The van der Waals surface area contributed by atoms with Crippen LogP contribution in [-0.2, 0) is 9.53 Å². The van der Waals surface area contributed by atoms with Gasteiger partial charge < -0.3 is 9.64 Å². The number of hydrogen-bond donors (Lipinski definition) is 0. The number of halogens is 1. The molecule has 4 heteroatoms. The number of hydrogen-bond acceptors (Lipinski definition) is 2. The molecule has 92 valence electrons. The summed E-state index contributed by atoms with van der Waals surface area (Å²) in [6.07, 6.45) is 5.02. The second kappa shape index (κ2) is 5.87. The van der Waals surface area contributed by atoms with Crippen molar-refractivity contribution in [1.82, 2.24) is 4.90 Å². The maximum Gasteiger partial charge on any atom is 0.225 e. The first kappa shape index (κ1) is 12.2. The van der Waals surface area contributed by atoms with E-state index in [1.54, 1.807) is 0 Å². The fourth-order valence-corrected chi connectivity index (χ4v) is 2.77. The molecule has 0 aromatic rings. The molecule has 0 radical (unpaired) electrons. The summed E-state index contributed by atoms with van der Waals surface area (Å²) in [5.41, 5.74) is 0. The molecule has 1 atom stereocenters. The minimum Gasteiger partial charge on any atom is -0.378 e. The minimum absolute atomic E-state index is 0.179. The summed E-state index contributed by atoms with van der Waals surface area (Å²) in [4.78, 5) is 13.9. The Morgan fingerprint density at radius 3 is 2.62 bits per heavy atom. The van der Waals surface area contributed by atoms with Crippen molar-refractivity contribution < 1.29 is 9.53 Å². The number of amides is 1. The summed E-state index contributed by atoms with van der Waals surface area (Å²) in [6.45, 7) is 2.58. The smallest absolute Gasteiger partial charge is 0.225 e. The minimum atomic E-state index is 0.179. The van der Waals surface area contributed by atoms with Gasteiger partial charge in [0.25, 0.3) is 0 Å². The van der Waals surface area contributed by atoms with Crippen molar-refractivity contribution in [3.05, 3.63) is 0 Å². The fraction of sp³-hybridized carbons (Fsp3) is 0.917. The van der Waals surface area contributed by atoms with Gasteiger partial charge in [-0.1, -0.05) is 0 Å². The quantitative estimate of drug-likeness (QED) is 0.712. The average molecular weight is 246 g/mol. The molecule has 2 aliphatic rings. The van der Waals surface area contributed by atoms with E-state index in [4.69, 9.17) is 16.3 Å². The van der Waals surface area contributed by atoms with E-state index in [2.05, 4.69) is 0 Å². The van der Waals surface area contributed by atoms with Gasteiger partial charge in [0.05, 0.1) is 12.5 Å². The summed E-state index contributed by atoms with van der Waals surface area (Å²) in [6, 6.07) is 0. The van der Waals surface area contributed by atoms with Gasteiger partial charge >= 0.3 is 0 Å². The van der Waals surface area contributed by atoms with E-state index in [0.717, 1.165) is 51.3 Å². The van der Waals surface area contributed by atoms with Crippen LogP contribution in [0, 0.1) is 5.92 Å². The Balaban J connectivity index is 1.73. The van der Waals surface area contributed by atoms with Crippen LogP contribution in [0.15, 0.2) is 0 Å². The second-order valence-electron chi connectivity index (χ2n) is 4.82. The van der Waals surface area contributed by atoms with Gasteiger partial charge in [-0.3, -0.25) is 4.79 Å². The monoisotopic (exact) mass is 245 g/mol. The molecule has 0 spiro atoms. The Hall–Kier alpha value is -0.280. The molecule has 2 heterocycles. The van der Waals surface area contributed by atoms with E-state index >= 15 is 0 Å². The van der Waals surface area contributed by atoms with E-state index in [-0.39, 0.29) is 12.0 Å². The summed E-state index contributed by atoms with van der Waals surface area (Å²) in [5.74, 6) is 1.60. The van der Waals surface area contributed by atoms with Crippen molar-refractivity contribution >= 4 is 17.5 Å². The molecule has 0 bridgehead atoms. The SMILES string of the molecule is O=C(CC1CCCO1)N1CCC(CCl)CC1. The first-order chi connectivity index (χ1) is 7.79. The van der Waals surface area contributed by atoms with Crippen LogP contribution < -0.4 is 0 Å². The zero-order valence-corrected chi connectivity index (χ0v) is 10.4. The Kier molecular flexibility index (Phi) is 4.47. The number of alkyl halides is 1. The van der Waals surface area contributed by atoms with Gasteiger partial charge in [-0.25, -0.2) is 0 Å². The van der Waals surface area contributed by atoms with Gasteiger partial charge in [0.15, 0.2) is 0 Å². The van der Waals surface area contributed by atoms with Crippen molar-refractivity contribution in [3.63, 3.8) is 0 Å². The van der Waals surface area contributed by atoms with Crippen LogP contribution in [0.4, 0.5) is 0 Å². The molecule has 2 fully saturated rings. The highest BCUT2D eigenvalue weighted by Gasteiger charge is 2.25. The molecule has 0 saturated carbocycles. The van der Waals surface area contributed by atoms with Crippen LogP contribution in [0.5, 0.6) is 0 Å². The third-order valence-corrected chi connectivity index (χ3v) is 4.05. The molecule has 2 aliphatic heterocycles. The molecule has 0 aromatic heterocycles. The molecule has 1 unspecified atom stereocenters. The molecule has 2 rings (SSSR count). The lowest BCUT2D eigenvalue weighted by Gasteiger charge is -2.31. The van der Waals surface area contributed by atoms with E-state index < -0.39 is 0 Å². The normalized spacial score (nSPS) is 27.3. The molecule has 0 aliphatic carbocycles. The first-order valence-electron chi connectivity index (χ1n) is 6.25. The first-order valence-corrected chi connectivity index (χ1v) is 6.78. The number of nitrogens with zero attached hydrogens (tertiary/aromatic N) is 1. The fourth-order valence-electron chi connectivity index (χ4n) is 2.47. The van der Waals surface area contributed by atoms with Crippen molar-refractivity contribution in [1.29, 1.82) is 0 Å². The molecule has 16 heavy (non-hydrogen) atoms. The summed E-state index contributed by atoms with van der Waals surface area (Å²) in [7, 11) is 0. The van der Waals surface area contributed by atoms with E-state index in [1.807, 2.05) is 4.90 Å². The molecule has 0 aromatic carbocycles. The molecular weight excluding hydrogens is 226 g/mol. The lowest BCUT2D eigenvalue weighted by Crippen LogP contribution is -2.40. The van der Waals surface area contributed by atoms with Crippen LogP contribution in [0.3, 0.4) is 0 Å². The summed E-state index contributed by atoms with van der Waals surface area (Å²) < 4.78 is 5.49. The van der Waals surface area contributed by atoms with E-state index in [9.17, 15) is 4.79 Å². The highest BCUT2D eigenvalue weighted by Crippen LogP contribution is 2.21. The number of carbonyl (C=O) groups is 1. The van der Waals surface area contributed by atoms with Gasteiger partial charge in [-0.05, 0) is 31.6 Å². The Bertz CT molecular complexity index is 233. The van der Waals surface area contributed by atoms with Crippen LogP contribution in [0.1, 0.15) is 32.1 Å². The number of carbonyl (C=O) groups excluding carboxylic acids is 1. The zero-order chi connectivity index (χ0) is 11.4. The maximum atomic E-state index is 12.0. The number of piperidine rings is 1. The van der Waals surface area contributed by atoms with Gasteiger partial charge in [-0.2, -0.15) is 0 Å². The molecular formula is C12H20ClNO2. The maximum absolute atomic E-state index is 12.0. The Morgan fingerprint density at radius 1 is 1.31 bits per heavy atom. The van der Waals surface area contributed by atoms with Gasteiger partial charge in [0.1, 0.15) is 0 Å². The van der Waals surface area contributed by atoms with Crippen molar-refractivity contribution in [3.8, 4) is 0 Å². The largest absolute Gasteiger partial charge is 0.378 e. The molecule has 3 nitrogen and oxygen atoms in total. The molecule has 2 saturated heterocycles. The third kappa shape index (κ3) is 3.11. The van der Waals surface area contributed by atoms with Crippen molar-refractivity contribution in [2.24, 2.45) is 5.92 Å². The highest BCUT2D eigenvalue weighted by molar-refractivity contribution is 6.18. The lowest BCUT2D eigenvalue weighted by atomic mass is 9.98. The standard InChI is InChI=1S/C12H20ClNO2/c13-9-10-3-5-14(6-4-10)12(15)8-11-2-1-7-16-11/h10-11H,1-9H2. The zero-order valence-electron chi connectivity index (χ0n) is 9.66. The van der Waals surface area contributed by atoms with Crippen molar-refractivity contribution in [2.75, 3.05) is 25.6 Å². The van der Waals surface area contributed by atoms with Gasteiger partial charge in [0, 0.05) is 25.6 Å². The van der Waals surface area contributed by atoms with Crippen molar-refractivity contribution in [2.45, 2.75) is 38.2 Å². The Labute approximate surface area is 102 Å². The average Bonchev–Trinajstić information content (AvgIpc) is 2.82. The third-order valence-electron chi connectivity index (χ3n) is 3.61. The molecule has 1 amide bonds. The predicted molar refractivity (Wildman–Crippen MR) is 63.6 cm³/mol. The lowest BCUT2D eigenvalue weighted by molar-refractivity contribution is -0.134. The number of ether oxygens (including phenoxy) is 1. The Morgan fingerprint density at radius 2 is 2.06 bits per heavy atom. The van der Waals surface area contributed by atoms with Crippen LogP contribution in [0.25, 0.3) is 0 Å². The van der Waals surface area contributed by atoms with E-state index in [0.29, 0.717) is 12.3 Å². The van der Waals surface area contributed by atoms with Crippen LogP contribution in [-0.4, -0.2) is 42.5 Å². The highest BCUT2D eigenvalue weighted by atomic mass is 35.5.